The van der Waals surface area contributed by atoms with Crippen molar-refractivity contribution in [3.8, 4) is 11.1 Å². The van der Waals surface area contributed by atoms with Crippen molar-refractivity contribution in [1.29, 1.82) is 0 Å². The summed E-state index contributed by atoms with van der Waals surface area (Å²) in [7, 11) is 0. The van der Waals surface area contributed by atoms with E-state index in [1.807, 2.05) is 41.3 Å². The third kappa shape index (κ3) is 2.89. The summed E-state index contributed by atoms with van der Waals surface area (Å²) in [6.07, 6.45) is 2.56. The minimum Gasteiger partial charge on any atom is -0.337 e. The first-order valence-corrected chi connectivity index (χ1v) is 8.43. The van der Waals surface area contributed by atoms with Crippen molar-refractivity contribution in [1.82, 2.24) is 4.90 Å². The summed E-state index contributed by atoms with van der Waals surface area (Å²) in [4.78, 5) is 14.8. The van der Waals surface area contributed by atoms with Crippen LogP contribution in [0.1, 0.15) is 23.2 Å². The molecule has 0 spiro atoms. The van der Waals surface area contributed by atoms with Crippen LogP contribution in [-0.2, 0) is 0 Å². The van der Waals surface area contributed by atoms with E-state index in [9.17, 15) is 4.79 Å². The molecule has 2 N–H and O–H groups in total. The molecule has 3 heteroatoms. The molecule has 1 aliphatic heterocycles. The molecule has 1 amide bonds. The molecular weight excluding hydrogens is 284 g/mol. The molecule has 0 aromatic heterocycles. The molecule has 0 bridgehead atoms. The lowest BCUT2D eigenvalue weighted by atomic mass is 9.99. The monoisotopic (exact) mass is 306 g/mol. The minimum atomic E-state index is 0.112. The van der Waals surface area contributed by atoms with Gasteiger partial charge in [-0.15, -0.1) is 0 Å². The number of likely N-dealkylation sites (tertiary alicyclic amines) is 1. The average molecular weight is 306 g/mol. The largest absolute Gasteiger partial charge is 0.337 e. The summed E-state index contributed by atoms with van der Waals surface area (Å²) >= 11 is 0. The number of carbonyl (C=O) groups excluding carboxylic acids is 1. The van der Waals surface area contributed by atoms with E-state index in [1.54, 1.807) is 0 Å². The lowest BCUT2D eigenvalue weighted by Crippen LogP contribution is -2.32. The van der Waals surface area contributed by atoms with Crippen molar-refractivity contribution in [3.05, 3.63) is 60.2 Å². The van der Waals surface area contributed by atoms with Crippen molar-refractivity contribution >= 4 is 5.91 Å². The molecule has 1 saturated heterocycles. The average Bonchev–Trinajstić information content (AvgIpc) is 3.37. The van der Waals surface area contributed by atoms with Gasteiger partial charge < -0.3 is 10.6 Å². The molecule has 0 radical (unpaired) electrons. The summed E-state index contributed by atoms with van der Waals surface area (Å²) in [5.41, 5.74) is 9.23. The number of carbonyl (C=O) groups is 1. The van der Waals surface area contributed by atoms with E-state index in [2.05, 4.69) is 18.2 Å². The maximum Gasteiger partial charge on any atom is 0.253 e. The summed E-state index contributed by atoms with van der Waals surface area (Å²) in [6.45, 7) is 1.51. The van der Waals surface area contributed by atoms with Crippen molar-refractivity contribution in [2.24, 2.45) is 17.6 Å². The Morgan fingerprint density at radius 3 is 2.43 bits per heavy atom. The second-order valence-corrected chi connectivity index (χ2v) is 6.82. The first kappa shape index (κ1) is 14.5. The molecule has 2 aromatic carbocycles. The Morgan fingerprint density at radius 2 is 1.70 bits per heavy atom. The molecule has 1 saturated carbocycles. The Bertz CT molecular complexity index is 709. The molecule has 3 nitrogen and oxygen atoms in total. The number of hydrogen-bond donors (Lipinski definition) is 1. The Kier molecular flexibility index (Phi) is 3.66. The Balaban J connectivity index is 1.55. The smallest absolute Gasteiger partial charge is 0.253 e. The number of nitrogens with two attached hydrogens (primary N) is 1. The van der Waals surface area contributed by atoms with E-state index in [4.69, 9.17) is 5.73 Å². The van der Waals surface area contributed by atoms with E-state index in [-0.39, 0.29) is 11.9 Å². The zero-order chi connectivity index (χ0) is 15.8. The van der Waals surface area contributed by atoms with E-state index in [0.29, 0.717) is 12.5 Å². The lowest BCUT2D eigenvalue weighted by Gasteiger charge is -2.17. The molecule has 2 aliphatic rings. The van der Waals surface area contributed by atoms with Crippen LogP contribution in [-0.4, -0.2) is 29.9 Å². The maximum atomic E-state index is 12.8. The van der Waals surface area contributed by atoms with Crippen LogP contribution in [0.2, 0.25) is 0 Å². The van der Waals surface area contributed by atoms with E-state index in [0.717, 1.165) is 29.2 Å². The third-order valence-corrected chi connectivity index (χ3v) is 5.14. The molecule has 1 aliphatic carbocycles. The molecule has 4 rings (SSSR count). The number of amides is 1. The third-order valence-electron chi connectivity index (χ3n) is 5.14. The maximum absolute atomic E-state index is 12.8. The van der Waals surface area contributed by atoms with Crippen LogP contribution in [0.25, 0.3) is 11.1 Å². The van der Waals surface area contributed by atoms with Gasteiger partial charge in [-0.2, -0.15) is 0 Å². The first-order chi connectivity index (χ1) is 11.2. The standard InChI is InChI=1S/C20H22N2O/c21-19-13-22(12-18(19)15-9-10-15)20(23)17-8-4-7-16(11-17)14-5-2-1-3-6-14/h1-8,11,15,18-19H,9-10,12-13,21H2/t18-,19+/m0/s1. The van der Waals surface area contributed by atoms with Gasteiger partial charge in [0.25, 0.3) is 5.91 Å². The van der Waals surface area contributed by atoms with Gasteiger partial charge in [-0.25, -0.2) is 0 Å². The normalized spacial score (nSPS) is 24.0. The Morgan fingerprint density at radius 1 is 0.957 bits per heavy atom. The van der Waals surface area contributed by atoms with Gasteiger partial charge >= 0.3 is 0 Å². The van der Waals surface area contributed by atoms with Gasteiger partial charge in [0.2, 0.25) is 0 Å². The van der Waals surface area contributed by atoms with Gasteiger partial charge in [0, 0.05) is 24.7 Å². The highest BCUT2D eigenvalue weighted by atomic mass is 16.2. The van der Waals surface area contributed by atoms with Gasteiger partial charge in [-0.05, 0) is 47.9 Å². The Hall–Kier alpha value is -2.13. The summed E-state index contributed by atoms with van der Waals surface area (Å²) in [5.74, 6) is 1.36. The fraction of sp³-hybridized carbons (Fsp3) is 0.350. The predicted octanol–water partition coefficient (Wildman–Crippen LogP) is 3.16. The summed E-state index contributed by atoms with van der Waals surface area (Å²) < 4.78 is 0. The van der Waals surface area contributed by atoms with Gasteiger partial charge in [0.1, 0.15) is 0 Å². The first-order valence-electron chi connectivity index (χ1n) is 8.43. The van der Waals surface area contributed by atoms with Crippen molar-refractivity contribution in [3.63, 3.8) is 0 Å². The fourth-order valence-electron chi connectivity index (χ4n) is 3.69. The fourth-order valence-corrected chi connectivity index (χ4v) is 3.69. The van der Waals surface area contributed by atoms with Crippen molar-refractivity contribution < 1.29 is 4.79 Å². The number of rotatable bonds is 3. The molecular formula is C20H22N2O. The topological polar surface area (TPSA) is 46.3 Å². The van der Waals surface area contributed by atoms with Crippen LogP contribution in [0.15, 0.2) is 54.6 Å². The Labute approximate surface area is 137 Å². The van der Waals surface area contributed by atoms with Crippen LogP contribution >= 0.6 is 0 Å². The molecule has 0 unspecified atom stereocenters. The van der Waals surface area contributed by atoms with Crippen molar-refractivity contribution in [2.45, 2.75) is 18.9 Å². The molecule has 118 valence electrons. The summed E-state index contributed by atoms with van der Waals surface area (Å²) in [5, 5.41) is 0. The molecule has 2 fully saturated rings. The molecule has 2 atom stereocenters. The van der Waals surface area contributed by atoms with Gasteiger partial charge in [-0.1, -0.05) is 42.5 Å². The van der Waals surface area contributed by atoms with Gasteiger partial charge in [0.05, 0.1) is 0 Å². The van der Waals surface area contributed by atoms with E-state index >= 15 is 0 Å². The van der Waals surface area contributed by atoms with Crippen LogP contribution in [0.3, 0.4) is 0 Å². The van der Waals surface area contributed by atoms with Crippen LogP contribution < -0.4 is 5.73 Å². The number of hydrogen-bond acceptors (Lipinski definition) is 2. The van der Waals surface area contributed by atoms with E-state index < -0.39 is 0 Å². The quantitative estimate of drug-likeness (QED) is 0.947. The summed E-state index contributed by atoms with van der Waals surface area (Å²) in [6, 6.07) is 18.2. The van der Waals surface area contributed by atoms with Crippen LogP contribution in [0.4, 0.5) is 0 Å². The van der Waals surface area contributed by atoms with Crippen LogP contribution in [0.5, 0.6) is 0 Å². The zero-order valence-corrected chi connectivity index (χ0v) is 13.2. The molecule has 2 aromatic rings. The van der Waals surface area contributed by atoms with Crippen molar-refractivity contribution in [2.75, 3.05) is 13.1 Å². The highest BCUT2D eigenvalue weighted by molar-refractivity contribution is 5.95. The lowest BCUT2D eigenvalue weighted by molar-refractivity contribution is 0.0785. The van der Waals surface area contributed by atoms with Gasteiger partial charge in [-0.3, -0.25) is 4.79 Å². The molecule has 1 heterocycles. The predicted molar refractivity (Wildman–Crippen MR) is 92.0 cm³/mol. The number of nitrogens with zero attached hydrogens (tertiary/aromatic N) is 1. The SMILES string of the molecule is N[C@@H]1CN(C(=O)c2cccc(-c3ccccc3)c2)C[C@H]1C1CC1. The highest BCUT2D eigenvalue weighted by Crippen LogP contribution is 2.41. The van der Waals surface area contributed by atoms with E-state index in [1.165, 1.54) is 12.8 Å². The minimum absolute atomic E-state index is 0.112. The second kappa shape index (κ2) is 5.82. The van der Waals surface area contributed by atoms with Crippen LogP contribution in [0, 0.1) is 11.8 Å². The highest BCUT2D eigenvalue weighted by Gasteiger charge is 2.42. The zero-order valence-electron chi connectivity index (χ0n) is 13.2. The molecule has 23 heavy (non-hydrogen) atoms. The van der Waals surface area contributed by atoms with Gasteiger partial charge in [0.15, 0.2) is 0 Å². The second-order valence-electron chi connectivity index (χ2n) is 6.82. The number of benzene rings is 2.